The molecule has 0 atom stereocenters. The highest BCUT2D eigenvalue weighted by atomic mass is 35.5. The summed E-state index contributed by atoms with van der Waals surface area (Å²) in [5, 5.41) is 9.20. The van der Waals surface area contributed by atoms with Crippen LogP contribution in [-0.4, -0.2) is 31.7 Å². The summed E-state index contributed by atoms with van der Waals surface area (Å²) in [5.41, 5.74) is 2.32. The number of imide groups is 1. The van der Waals surface area contributed by atoms with Gasteiger partial charge in [-0.15, -0.1) is 0 Å². The number of carbonyl (C=O) groups is 3. The predicted molar refractivity (Wildman–Crippen MR) is 116 cm³/mol. The van der Waals surface area contributed by atoms with Crippen LogP contribution in [-0.2, 0) is 11.3 Å². The molecular weight excluding hydrogens is 424 g/mol. The largest absolute Gasteiger partial charge is 0.478 e. The monoisotopic (exact) mass is 438 g/mol. The van der Waals surface area contributed by atoms with E-state index < -0.39 is 5.97 Å². The lowest BCUT2D eigenvalue weighted by Gasteiger charge is -2.13. The molecule has 1 N–H and O–H groups in total. The first kappa shape index (κ1) is 20.0. The fourth-order valence-corrected chi connectivity index (χ4v) is 4.10. The number of rotatable bonds is 5. The van der Waals surface area contributed by atoms with Crippen LogP contribution in [0.5, 0.6) is 0 Å². The maximum absolute atomic E-state index is 12.8. The highest BCUT2D eigenvalue weighted by Gasteiger charge is 2.35. The molecule has 6 nitrogen and oxygen atoms in total. The Morgan fingerprint density at radius 1 is 1.03 bits per heavy atom. The van der Waals surface area contributed by atoms with Crippen molar-refractivity contribution in [2.45, 2.75) is 6.54 Å². The molecule has 1 saturated heterocycles. The zero-order valence-corrected chi connectivity index (χ0v) is 17.1. The molecule has 3 aromatic rings. The average molecular weight is 439 g/mol. The number of carbonyl (C=O) groups excluding carboxylic acids is 2. The van der Waals surface area contributed by atoms with Gasteiger partial charge in [0.05, 0.1) is 17.0 Å². The van der Waals surface area contributed by atoms with E-state index in [1.165, 1.54) is 17.0 Å². The number of carboxylic acid groups (broad SMARTS) is 1. The summed E-state index contributed by atoms with van der Waals surface area (Å²) in [6.07, 6.45) is 3.46. The number of carboxylic acids is 1. The standard InChI is InChI=1S/C22H15ClN2O4S/c23-18-6-2-1-4-15(18)13-25-20(26)19(30-22(25)29)12-17-5-3-11-24(17)16-9-7-14(8-10-16)21(27)28/h1-12H,13H2,(H,27,28)/b19-12-. The number of hydrogen-bond acceptors (Lipinski definition) is 4. The minimum Gasteiger partial charge on any atom is -0.478 e. The van der Waals surface area contributed by atoms with Gasteiger partial charge in [0.15, 0.2) is 0 Å². The predicted octanol–water partition coefficient (Wildman–Crippen LogP) is 5.07. The summed E-state index contributed by atoms with van der Waals surface area (Å²) in [5.74, 6) is -1.37. The van der Waals surface area contributed by atoms with Crippen LogP contribution in [0.2, 0.25) is 5.02 Å². The van der Waals surface area contributed by atoms with Crippen LogP contribution in [0.1, 0.15) is 21.6 Å². The van der Waals surface area contributed by atoms with E-state index in [9.17, 15) is 14.4 Å². The van der Waals surface area contributed by atoms with Crippen molar-refractivity contribution < 1.29 is 19.5 Å². The molecule has 0 radical (unpaired) electrons. The molecule has 30 heavy (non-hydrogen) atoms. The minimum atomic E-state index is -0.999. The number of halogens is 1. The number of aromatic carboxylic acids is 1. The third kappa shape index (κ3) is 3.90. The normalized spacial score (nSPS) is 15.2. The molecule has 0 saturated carbocycles. The molecule has 4 rings (SSSR count). The Morgan fingerprint density at radius 3 is 2.47 bits per heavy atom. The van der Waals surface area contributed by atoms with Crippen LogP contribution in [0.3, 0.4) is 0 Å². The molecule has 2 amide bonds. The zero-order chi connectivity index (χ0) is 21.3. The van der Waals surface area contributed by atoms with Crippen LogP contribution in [0.15, 0.2) is 71.8 Å². The summed E-state index contributed by atoms with van der Waals surface area (Å²) in [6.45, 7) is 0.110. The van der Waals surface area contributed by atoms with Crippen molar-refractivity contribution in [1.82, 2.24) is 9.47 Å². The molecule has 1 aliphatic heterocycles. The number of hydrogen-bond donors (Lipinski definition) is 1. The van der Waals surface area contributed by atoms with E-state index in [1.807, 2.05) is 16.7 Å². The van der Waals surface area contributed by atoms with Gasteiger partial charge in [-0.05, 0) is 65.9 Å². The fourth-order valence-electron chi connectivity index (χ4n) is 3.08. The smallest absolute Gasteiger partial charge is 0.335 e. The molecule has 2 heterocycles. The third-order valence-electron chi connectivity index (χ3n) is 4.61. The fraction of sp³-hybridized carbons (Fsp3) is 0.0455. The van der Waals surface area contributed by atoms with Crippen molar-refractivity contribution in [3.05, 3.63) is 93.6 Å². The molecule has 8 heteroatoms. The Balaban J connectivity index is 1.60. The van der Waals surface area contributed by atoms with E-state index in [2.05, 4.69) is 0 Å². The number of benzene rings is 2. The van der Waals surface area contributed by atoms with Crippen molar-refractivity contribution in [3.63, 3.8) is 0 Å². The maximum Gasteiger partial charge on any atom is 0.335 e. The first-order valence-electron chi connectivity index (χ1n) is 8.94. The molecule has 0 bridgehead atoms. The highest BCUT2D eigenvalue weighted by Crippen LogP contribution is 2.34. The summed E-state index contributed by atoms with van der Waals surface area (Å²) in [6, 6.07) is 17.1. The van der Waals surface area contributed by atoms with Gasteiger partial charge in [-0.25, -0.2) is 4.79 Å². The van der Waals surface area contributed by atoms with Crippen molar-refractivity contribution in [3.8, 4) is 5.69 Å². The van der Waals surface area contributed by atoms with Crippen molar-refractivity contribution in [2.75, 3.05) is 0 Å². The van der Waals surface area contributed by atoms with Gasteiger partial charge in [-0.2, -0.15) is 0 Å². The molecule has 2 aromatic carbocycles. The van der Waals surface area contributed by atoms with Gasteiger partial charge >= 0.3 is 5.97 Å². The molecule has 0 spiro atoms. The van der Waals surface area contributed by atoms with Gasteiger partial charge in [-0.1, -0.05) is 29.8 Å². The number of amides is 2. The van der Waals surface area contributed by atoms with Crippen molar-refractivity contribution in [1.29, 1.82) is 0 Å². The molecule has 150 valence electrons. The molecule has 1 aliphatic rings. The molecule has 1 aromatic heterocycles. The van der Waals surface area contributed by atoms with Crippen LogP contribution >= 0.6 is 23.4 Å². The van der Waals surface area contributed by atoms with Crippen molar-refractivity contribution >= 4 is 46.6 Å². The SMILES string of the molecule is O=C(O)c1ccc(-n2cccc2/C=C2\SC(=O)N(Cc3ccccc3Cl)C2=O)cc1. The molecule has 0 unspecified atom stereocenters. The Morgan fingerprint density at radius 2 is 1.77 bits per heavy atom. The Labute approximate surface area is 181 Å². The number of nitrogens with zero attached hydrogens (tertiary/aromatic N) is 2. The van der Waals surface area contributed by atoms with E-state index in [1.54, 1.807) is 48.7 Å². The second kappa shape index (κ2) is 8.22. The van der Waals surface area contributed by atoms with Gasteiger partial charge in [0.2, 0.25) is 0 Å². The summed E-state index contributed by atoms with van der Waals surface area (Å²) >= 11 is 7.04. The third-order valence-corrected chi connectivity index (χ3v) is 5.89. The molecule has 0 aliphatic carbocycles. The Kier molecular flexibility index (Phi) is 5.48. The topological polar surface area (TPSA) is 79.6 Å². The van der Waals surface area contributed by atoms with E-state index in [4.69, 9.17) is 16.7 Å². The summed E-state index contributed by atoms with van der Waals surface area (Å²) in [4.78, 5) is 37.8. The van der Waals surface area contributed by atoms with Crippen LogP contribution in [0.25, 0.3) is 11.8 Å². The lowest BCUT2D eigenvalue weighted by atomic mass is 10.2. The quantitative estimate of drug-likeness (QED) is 0.563. The summed E-state index contributed by atoms with van der Waals surface area (Å²) in [7, 11) is 0. The van der Waals surface area contributed by atoms with Crippen LogP contribution in [0, 0.1) is 0 Å². The van der Waals surface area contributed by atoms with E-state index in [0.29, 0.717) is 21.2 Å². The Bertz CT molecular complexity index is 1180. The lowest BCUT2D eigenvalue weighted by Crippen LogP contribution is -2.27. The number of aromatic nitrogens is 1. The first-order chi connectivity index (χ1) is 14.4. The average Bonchev–Trinajstić information content (AvgIpc) is 3.30. The summed E-state index contributed by atoms with van der Waals surface area (Å²) < 4.78 is 1.81. The van der Waals surface area contributed by atoms with Gasteiger partial charge in [-0.3, -0.25) is 14.5 Å². The van der Waals surface area contributed by atoms with E-state index in [0.717, 1.165) is 17.4 Å². The van der Waals surface area contributed by atoms with Gasteiger partial charge < -0.3 is 9.67 Å². The van der Waals surface area contributed by atoms with Gasteiger partial charge in [0, 0.05) is 22.6 Å². The minimum absolute atomic E-state index is 0.110. The van der Waals surface area contributed by atoms with Crippen molar-refractivity contribution in [2.24, 2.45) is 0 Å². The second-order valence-electron chi connectivity index (χ2n) is 6.51. The van der Waals surface area contributed by atoms with Crippen LogP contribution < -0.4 is 0 Å². The van der Waals surface area contributed by atoms with Gasteiger partial charge in [0.25, 0.3) is 11.1 Å². The molecular formula is C22H15ClN2O4S. The number of thioether (sulfide) groups is 1. The highest BCUT2D eigenvalue weighted by molar-refractivity contribution is 8.18. The zero-order valence-electron chi connectivity index (χ0n) is 15.5. The van der Waals surface area contributed by atoms with E-state index >= 15 is 0 Å². The van der Waals surface area contributed by atoms with Crippen LogP contribution in [0.4, 0.5) is 4.79 Å². The maximum atomic E-state index is 12.8. The second-order valence-corrected chi connectivity index (χ2v) is 7.91. The first-order valence-corrected chi connectivity index (χ1v) is 10.1. The molecule has 1 fully saturated rings. The van der Waals surface area contributed by atoms with Gasteiger partial charge in [0.1, 0.15) is 0 Å². The Hall–Kier alpha value is -3.29. The lowest BCUT2D eigenvalue weighted by molar-refractivity contribution is -0.123. The van der Waals surface area contributed by atoms with E-state index in [-0.39, 0.29) is 23.3 Å².